The van der Waals surface area contributed by atoms with Gasteiger partial charge in [-0.1, -0.05) is 11.6 Å². The molecule has 3 N–H and O–H groups in total. The maximum atomic E-state index is 11.9. The Morgan fingerprint density at radius 1 is 1.58 bits per heavy atom. The number of nitrogen functional groups attached to an aromatic ring is 1. The topological polar surface area (TPSA) is 85.8 Å². The lowest BCUT2D eigenvalue weighted by Crippen LogP contribution is -2.26. The summed E-state index contributed by atoms with van der Waals surface area (Å²) in [5, 5.41) is 7.27. The third-order valence-electron chi connectivity index (χ3n) is 2.56. The number of halogens is 1. The zero-order chi connectivity index (χ0) is 13.8. The van der Waals surface area contributed by atoms with Crippen LogP contribution in [0.3, 0.4) is 0 Å². The summed E-state index contributed by atoms with van der Waals surface area (Å²) in [7, 11) is 1.85. The highest BCUT2D eigenvalue weighted by Gasteiger charge is 2.11. The second-order valence-corrected chi connectivity index (χ2v) is 4.48. The van der Waals surface area contributed by atoms with Crippen molar-refractivity contribution in [2.24, 2.45) is 7.05 Å². The molecule has 2 aromatic rings. The van der Waals surface area contributed by atoms with Crippen molar-refractivity contribution in [2.45, 2.75) is 6.42 Å². The zero-order valence-corrected chi connectivity index (χ0v) is 11.2. The minimum absolute atomic E-state index is 0.263. The van der Waals surface area contributed by atoms with Crippen LogP contribution in [0, 0.1) is 0 Å². The molecular weight excluding hydrogens is 266 g/mol. The zero-order valence-electron chi connectivity index (χ0n) is 10.4. The van der Waals surface area contributed by atoms with E-state index in [0.29, 0.717) is 18.5 Å². The second-order valence-electron chi connectivity index (χ2n) is 4.08. The van der Waals surface area contributed by atoms with Crippen LogP contribution in [0.4, 0.5) is 5.82 Å². The standard InChI is InChI=1S/C12H14ClN5O/c1-18-5-3-8(17-18)2-4-15-12(19)9-6-11(14)16-7-10(9)13/h3,5-7H,2,4H2,1H3,(H2,14,16)(H,15,19). The van der Waals surface area contributed by atoms with Gasteiger partial charge in [0.25, 0.3) is 5.91 Å². The van der Waals surface area contributed by atoms with Gasteiger partial charge in [-0.2, -0.15) is 5.10 Å². The fourth-order valence-electron chi connectivity index (χ4n) is 1.62. The van der Waals surface area contributed by atoms with Crippen molar-refractivity contribution in [3.63, 3.8) is 0 Å². The maximum Gasteiger partial charge on any atom is 0.253 e. The number of nitrogens with one attached hydrogen (secondary N) is 1. The first kappa shape index (κ1) is 13.4. The molecule has 2 aromatic heterocycles. The summed E-state index contributed by atoms with van der Waals surface area (Å²) in [6, 6.07) is 3.36. The van der Waals surface area contributed by atoms with Gasteiger partial charge in [0.2, 0.25) is 0 Å². The molecule has 100 valence electrons. The van der Waals surface area contributed by atoms with E-state index < -0.39 is 0 Å². The van der Waals surface area contributed by atoms with Gasteiger partial charge in [0.1, 0.15) is 5.82 Å². The first-order valence-electron chi connectivity index (χ1n) is 5.74. The Morgan fingerprint density at radius 3 is 3.05 bits per heavy atom. The molecule has 2 heterocycles. The van der Waals surface area contributed by atoms with E-state index in [4.69, 9.17) is 17.3 Å². The smallest absolute Gasteiger partial charge is 0.253 e. The predicted octanol–water partition coefficient (Wildman–Crippen LogP) is 1.02. The third-order valence-corrected chi connectivity index (χ3v) is 2.86. The molecule has 19 heavy (non-hydrogen) atoms. The molecule has 0 aliphatic rings. The monoisotopic (exact) mass is 279 g/mol. The van der Waals surface area contributed by atoms with Crippen molar-refractivity contribution in [1.82, 2.24) is 20.1 Å². The number of hydrogen-bond donors (Lipinski definition) is 2. The molecule has 0 spiro atoms. The van der Waals surface area contributed by atoms with Crippen LogP contribution >= 0.6 is 11.6 Å². The summed E-state index contributed by atoms with van der Waals surface area (Å²) in [6.07, 6.45) is 3.88. The van der Waals surface area contributed by atoms with Crippen molar-refractivity contribution in [2.75, 3.05) is 12.3 Å². The van der Waals surface area contributed by atoms with Crippen LogP contribution in [-0.4, -0.2) is 27.2 Å². The fourth-order valence-corrected chi connectivity index (χ4v) is 1.81. The number of aryl methyl sites for hydroxylation is 1. The average molecular weight is 280 g/mol. The molecule has 0 radical (unpaired) electrons. The summed E-state index contributed by atoms with van der Waals surface area (Å²) in [5.74, 6) is -0.00527. The minimum atomic E-state index is -0.268. The highest BCUT2D eigenvalue weighted by Crippen LogP contribution is 2.16. The van der Waals surface area contributed by atoms with Crippen molar-refractivity contribution in [3.05, 3.63) is 40.8 Å². The molecule has 2 rings (SSSR count). The number of nitrogens with two attached hydrogens (primary N) is 1. The number of carbonyl (C=O) groups is 1. The van der Waals surface area contributed by atoms with E-state index in [1.165, 1.54) is 12.3 Å². The lowest BCUT2D eigenvalue weighted by molar-refractivity contribution is 0.0954. The maximum absolute atomic E-state index is 11.9. The van der Waals surface area contributed by atoms with Gasteiger partial charge in [-0.3, -0.25) is 9.48 Å². The van der Waals surface area contributed by atoms with Crippen LogP contribution < -0.4 is 11.1 Å². The molecule has 1 amide bonds. The van der Waals surface area contributed by atoms with Gasteiger partial charge in [0, 0.05) is 32.4 Å². The van der Waals surface area contributed by atoms with Crippen LogP contribution in [-0.2, 0) is 13.5 Å². The summed E-state index contributed by atoms with van der Waals surface area (Å²) in [4.78, 5) is 15.7. The Morgan fingerprint density at radius 2 is 2.37 bits per heavy atom. The minimum Gasteiger partial charge on any atom is -0.384 e. The molecule has 6 nitrogen and oxygen atoms in total. The molecule has 0 saturated carbocycles. The SMILES string of the molecule is Cn1ccc(CCNC(=O)c2cc(N)ncc2Cl)n1. The van der Waals surface area contributed by atoms with Gasteiger partial charge in [-0.25, -0.2) is 4.98 Å². The third kappa shape index (κ3) is 3.45. The molecular formula is C12H14ClN5O. The Hall–Kier alpha value is -2.08. The van der Waals surface area contributed by atoms with Gasteiger partial charge < -0.3 is 11.1 Å². The lowest BCUT2D eigenvalue weighted by atomic mass is 10.2. The number of nitrogens with zero attached hydrogens (tertiary/aromatic N) is 3. The van der Waals surface area contributed by atoms with Crippen LogP contribution in [0.5, 0.6) is 0 Å². The Kier molecular flexibility index (Phi) is 4.01. The normalized spacial score (nSPS) is 10.4. The quantitative estimate of drug-likeness (QED) is 0.875. The van der Waals surface area contributed by atoms with E-state index in [-0.39, 0.29) is 16.7 Å². The van der Waals surface area contributed by atoms with Crippen LogP contribution in [0.25, 0.3) is 0 Å². The highest BCUT2D eigenvalue weighted by molar-refractivity contribution is 6.33. The van der Waals surface area contributed by atoms with Crippen LogP contribution in [0.15, 0.2) is 24.5 Å². The molecule has 0 bridgehead atoms. The van der Waals surface area contributed by atoms with Crippen LogP contribution in [0.1, 0.15) is 16.1 Å². The molecule has 0 aliphatic carbocycles. The van der Waals surface area contributed by atoms with Crippen molar-refractivity contribution >= 4 is 23.3 Å². The van der Waals surface area contributed by atoms with E-state index in [2.05, 4.69) is 15.4 Å². The molecule has 0 unspecified atom stereocenters. The van der Waals surface area contributed by atoms with Gasteiger partial charge >= 0.3 is 0 Å². The first-order valence-corrected chi connectivity index (χ1v) is 6.12. The number of anilines is 1. The number of amides is 1. The summed E-state index contributed by atoms with van der Waals surface area (Å²) < 4.78 is 1.72. The van der Waals surface area contributed by atoms with E-state index in [1.807, 2.05) is 19.3 Å². The first-order chi connectivity index (χ1) is 9.06. The second kappa shape index (κ2) is 5.71. The summed E-state index contributed by atoms with van der Waals surface area (Å²) in [5.41, 5.74) is 6.77. The molecule has 0 aliphatic heterocycles. The Labute approximate surface area is 115 Å². The van der Waals surface area contributed by atoms with E-state index in [0.717, 1.165) is 5.69 Å². The average Bonchev–Trinajstić information content (AvgIpc) is 2.78. The predicted molar refractivity (Wildman–Crippen MR) is 72.9 cm³/mol. The number of rotatable bonds is 4. The van der Waals surface area contributed by atoms with Crippen molar-refractivity contribution < 1.29 is 4.79 Å². The Bertz CT molecular complexity index is 596. The fraction of sp³-hybridized carbons (Fsp3) is 0.250. The summed E-state index contributed by atoms with van der Waals surface area (Å²) in [6.45, 7) is 0.481. The van der Waals surface area contributed by atoms with E-state index >= 15 is 0 Å². The van der Waals surface area contributed by atoms with Crippen molar-refractivity contribution in [3.8, 4) is 0 Å². The van der Waals surface area contributed by atoms with Crippen LogP contribution in [0.2, 0.25) is 5.02 Å². The van der Waals surface area contributed by atoms with Gasteiger partial charge in [-0.15, -0.1) is 0 Å². The Balaban J connectivity index is 1.92. The summed E-state index contributed by atoms with van der Waals surface area (Å²) >= 11 is 5.90. The molecule has 0 atom stereocenters. The van der Waals surface area contributed by atoms with Gasteiger partial charge in [-0.05, 0) is 12.1 Å². The number of pyridine rings is 1. The van der Waals surface area contributed by atoms with Crippen molar-refractivity contribution in [1.29, 1.82) is 0 Å². The van der Waals surface area contributed by atoms with Gasteiger partial charge in [0.15, 0.2) is 0 Å². The largest absolute Gasteiger partial charge is 0.384 e. The van der Waals surface area contributed by atoms with Gasteiger partial charge in [0.05, 0.1) is 16.3 Å². The molecule has 7 heteroatoms. The lowest BCUT2D eigenvalue weighted by Gasteiger charge is -2.06. The number of hydrogen-bond acceptors (Lipinski definition) is 4. The number of aromatic nitrogens is 3. The molecule has 0 saturated heterocycles. The molecule has 0 aromatic carbocycles. The number of carbonyl (C=O) groups excluding carboxylic acids is 1. The van der Waals surface area contributed by atoms with E-state index in [1.54, 1.807) is 4.68 Å². The van der Waals surface area contributed by atoms with E-state index in [9.17, 15) is 4.79 Å². The highest BCUT2D eigenvalue weighted by atomic mass is 35.5. The molecule has 0 fully saturated rings.